The van der Waals surface area contributed by atoms with E-state index >= 15 is 0 Å². The van der Waals surface area contributed by atoms with Gasteiger partial charge in [0.15, 0.2) is 0 Å². The maximum absolute atomic E-state index is 12.6. The Morgan fingerprint density at radius 1 is 1.04 bits per heavy atom. The van der Waals surface area contributed by atoms with Crippen LogP contribution in [0.15, 0.2) is 48.5 Å². The van der Waals surface area contributed by atoms with Gasteiger partial charge in [0.2, 0.25) is 5.91 Å². The molecule has 1 aliphatic rings. The van der Waals surface area contributed by atoms with Crippen molar-refractivity contribution in [2.45, 2.75) is 37.6 Å². The van der Waals surface area contributed by atoms with Gasteiger partial charge in [-0.1, -0.05) is 48.0 Å². The summed E-state index contributed by atoms with van der Waals surface area (Å²) in [7, 11) is 0. The molecule has 7 heteroatoms. The SMILES string of the molecule is O=C(NCc1ccc(COCC(F)(F)F)cc1)C1(c2ccc(Cl)cc2)CC1. The van der Waals surface area contributed by atoms with E-state index in [1.165, 1.54) is 0 Å². The Hall–Kier alpha value is -2.05. The van der Waals surface area contributed by atoms with Gasteiger partial charge in [0.1, 0.15) is 6.61 Å². The lowest BCUT2D eigenvalue weighted by Crippen LogP contribution is -2.34. The van der Waals surface area contributed by atoms with Crippen LogP contribution in [-0.2, 0) is 28.1 Å². The van der Waals surface area contributed by atoms with Crippen molar-refractivity contribution in [3.8, 4) is 0 Å². The first-order chi connectivity index (χ1) is 12.8. The average molecular weight is 398 g/mol. The number of carbonyl (C=O) groups excluding carboxylic acids is 1. The van der Waals surface area contributed by atoms with E-state index in [9.17, 15) is 18.0 Å². The fourth-order valence-electron chi connectivity index (χ4n) is 2.93. The van der Waals surface area contributed by atoms with Crippen molar-refractivity contribution < 1.29 is 22.7 Å². The summed E-state index contributed by atoms with van der Waals surface area (Å²) in [6.45, 7) is -1.01. The van der Waals surface area contributed by atoms with E-state index in [0.717, 1.165) is 24.0 Å². The van der Waals surface area contributed by atoms with E-state index < -0.39 is 18.2 Å². The van der Waals surface area contributed by atoms with Crippen LogP contribution in [-0.4, -0.2) is 18.7 Å². The fourth-order valence-corrected chi connectivity index (χ4v) is 3.06. The molecule has 0 bridgehead atoms. The first-order valence-corrected chi connectivity index (χ1v) is 8.93. The van der Waals surface area contributed by atoms with Crippen LogP contribution in [0.5, 0.6) is 0 Å². The third kappa shape index (κ3) is 5.23. The van der Waals surface area contributed by atoms with Gasteiger partial charge in [-0.25, -0.2) is 0 Å². The highest BCUT2D eigenvalue weighted by Gasteiger charge is 2.51. The van der Waals surface area contributed by atoms with Crippen molar-refractivity contribution in [2.75, 3.05) is 6.61 Å². The maximum atomic E-state index is 12.6. The first kappa shape index (κ1) is 19.7. The number of nitrogens with one attached hydrogen (secondary N) is 1. The number of carbonyl (C=O) groups is 1. The molecular formula is C20H19ClF3NO2. The quantitative estimate of drug-likeness (QED) is 0.731. The van der Waals surface area contributed by atoms with E-state index in [0.29, 0.717) is 17.1 Å². The van der Waals surface area contributed by atoms with Gasteiger partial charge in [-0.05, 0) is 41.7 Å². The second-order valence-electron chi connectivity index (χ2n) is 6.70. The molecule has 0 atom stereocenters. The summed E-state index contributed by atoms with van der Waals surface area (Å²) in [6.07, 6.45) is -2.72. The van der Waals surface area contributed by atoms with Crippen LogP contribution < -0.4 is 5.32 Å². The lowest BCUT2D eigenvalue weighted by Gasteiger charge is -2.16. The molecular weight excluding hydrogens is 379 g/mol. The predicted octanol–water partition coefficient (Wildman–Crippen LogP) is 4.77. The Morgan fingerprint density at radius 2 is 1.63 bits per heavy atom. The molecule has 1 N–H and O–H groups in total. The Labute approximate surface area is 160 Å². The predicted molar refractivity (Wildman–Crippen MR) is 96.4 cm³/mol. The molecule has 3 rings (SSSR count). The number of ether oxygens (including phenoxy) is 1. The zero-order valence-electron chi connectivity index (χ0n) is 14.5. The van der Waals surface area contributed by atoms with Crippen LogP contribution >= 0.6 is 11.6 Å². The van der Waals surface area contributed by atoms with Crippen LogP contribution in [0.1, 0.15) is 29.5 Å². The van der Waals surface area contributed by atoms with Crippen molar-refractivity contribution >= 4 is 17.5 Å². The number of rotatable bonds is 7. The largest absolute Gasteiger partial charge is 0.411 e. The van der Waals surface area contributed by atoms with Gasteiger partial charge in [-0.3, -0.25) is 4.79 Å². The first-order valence-electron chi connectivity index (χ1n) is 8.55. The second kappa shape index (κ2) is 7.90. The molecule has 27 heavy (non-hydrogen) atoms. The van der Waals surface area contributed by atoms with E-state index in [-0.39, 0.29) is 12.5 Å². The normalized spacial score (nSPS) is 15.4. The summed E-state index contributed by atoms with van der Waals surface area (Å²) in [4.78, 5) is 12.6. The molecule has 1 saturated carbocycles. The molecule has 2 aromatic carbocycles. The molecule has 0 heterocycles. The minimum Gasteiger partial charge on any atom is -0.367 e. The van der Waals surface area contributed by atoms with Crippen molar-refractivity contribution in [2.24, 2.45) is 0 Å². The molecule has 0 saturated heterocycles. The van der Waals surface area contributed by atoms with Gasteiger partial charge < -0.3 is 10.1 Å². The van der Waals surface area contributed by atoms with Crippen molar-refractivity contribution in [1.29, 1.82) is 0 Å². The van der Waals surface area contributed by atoms with Crippen LogP contribution in [0, 0.1) is 0 Å². The highest BCUT2D eigenvalue weighted by molar-refractivity contribution is 6.30. The zero-order valence-corrected chi connectivity index (χ0v) is 15.2. The van der Waals surface area contributed by atoms with Crippen LogP contribution in [0.2, 0.25) is 5.02 Å². The third-order valence-corrected chi connectivity index (χ3v) is 4.84. The molecule has 1 aliphatic carbocycles. The summed E-state index contributed by atoms with van der Waals surface area (Å²) in [5.74, 6) is -0.0255. The molecule has 0 aliphatic heterocycles. The molecule has 144 valence electrons. The second-order valence-corrected chi connectivity index (χ2v) is 7.13. The van der Waals surface area contributed by atoms with E-state index in [1.807, 2.05) is 12.1 Å². The van der Waals surface area contributed by atoms with E-state index in [4.69, 9.17) is 11.6 Å². The van der Waals surface area contributed by atoms with Gasteiger partial charge in [-0.2, -0.15) is 13.2 Å². The Bertz CT molecular complexity index is 784. The number of benzene rings is 2. The summed E-state index contributed by atoms with van der Waals surface area (Å²) < 4.78 is 40.8. The maximum Gasteiger partial charge on any atom is 0.411 e. The lowest BCUT2D eigenvalue weighted by atomic mass is 9.95. The number of halogens is 4. The Morgan fingerprint density at radius 3 is 2.19 bits per heavy atom. The standard InChI is InChI=1S/C20H19ClF3NO2/c21-17-7-5-16(6-8-17)19(9-10-19)18(26)25-11-14-1-3-15(4-2-14)12-27-13-20(22,23)24/h1-8H,9-13H2,(H,25,26). The monoisotopic (exact) mass is 397 g/mol. The zero-order chi connectivity index (χ0) is 19.5. The van der Waals surface area contributed by atoms with Crippen LogP contribution in [0.4, 0.5) is 13.2 Å². The van der Waals surface area contributed by atoms with E-state index in [2.05, 4.69) is 10.1 Å². The summed E-state index contributed by atoms with van der Waals surface area (Å²) in [5, 5.41) is 3.58. The smallest absolute Gasteiger partial charge is 0.367 e. The number of hydrogen-bond acceptors (Lipinski definition) is 2. The molecule has 3 nitrogen and oxygen atoms in total. The highest BCUT2D eigenvalue weighted by atomic mass is 35.5. The fraction of sp³-hybridized carbons (Fsp3) is 0.350. The van der Waals surface area contributed by atoms with Crippen molar-refractivity contribution in [1.82, 2.24) is 5.32 Å². The van der Waals surface area contributed by atoms with Crippen LogP contribution in [0.3, 0.4) is 0 Å². The van der Waals surface area contributed by atoms with Crippen LogP contribution in [0.25, 0.3) is 0 Å². The van der Waals surface area contributed by atoms with E-state index in [1.54, 1.807) is 36.4 Å². The van der Waals surface area contributed by atoms with Crippen molar-refractivity contribution in [3.63, 3.8) is 0 Å². The molecule has 0 spiro atoms. The van der Waals surface area contributed by atoms with Gasteiger partial charge in [0, 0.05) is 11.6 Å². The van der Waals surface area contributed by atoms with Gasteiger partial charge in [0.05, 0.1) is 12.0 Å². The lowest BCUT2D eigenvalue weighted by molar-refractivity contribution is -0.176. The minimum atomic E-state index is -4.33. The molecule has 1 fully saturated rings. The number of hydrogen-bond donors (Lipinski definition) is 1. The van der Waals surface area contributed by atoms with Crippen molar-refractivity contribution in [3.05, 3.63) is 70.2 Å². The topological polar surface area (TPSA) is 38.3 Å². The average Bonchev–Trinajstić information content (AvgIpc) is 3.42. The van der Waals surface area contributed by atoms with Gasteiger partial charge in [-0.15, -0.1) is 0 Å². The molecule has 0 aromatic heterocycles. The Kier molecular flexibility index (Phi) is 5.77. The van der Waals surface area contributed by atoms with Gasteiger partial charge in [0.25, 0.3) is 0 Å². The highest BCUT2D eigenvalue weighted by Crippen LogP contribution is 2.48. The molecule has 0 unspecified atom stereocenters. The summed E-state index contributed by atoms with van der Waals surface area (Å²) in [6, 6.07) is 14.3. The molecule has 1 amide bonds. The Balaban J connectivity index is 1.51. The third-order valence-electron chi connectivity index (χ3n) is 4.59. The molecule has 0 radical (unpaired) electrons. The summed E-state index contributed by atoms with van der Waals surface area (Å²) >= 11 is 5.90. The minimum absolute atomic E-state index is 0.0255. The summed E-state index contributed by atoms with van der Waals surface area (Å²) in [5.41, 5.74) is 2.00. The molecule has 2 aromatic rings. The number of amides is 1. The van der Waals surface area contributed by atoms with Gasteiger partial charge >= 0.3 is 6.18 Å². The number of alkyl halides is 3.